The third-order valence-corrected chi connectivity index (χ3v) is 2.55. The Bertz CT molecular complexity index is 470. The number of nitrogens with zero attached hydrogens (tertiary/aromatic N) is 1. The second-order valence-electron chi connectivity index (χ2n) is 4.25. The molecule has 0 amide bonds. The van der Waals surface area contributed by atoms with Gasteiger partial charge in [0.2, 0.25) is 0 Å². The third kappa shape index (κ3) is 3.91. The molecule has 0 fully saturated rings. The predicted molar refractivity (Wildman–Crippen MR) is 74.5 cm³/mol. The zero-order chi connectivity index (χ0) is 12.8. The molecule has 0 spiro atoms. The number of para-hydroxylation sites is 1. The van der Waals surface area contributed by atoms with Crippen LogP contribution in [0.1, 0.15) is 26.3 Å². The van der Waals surface area contributed by atoms with Crippen LogP contribution in [0.5, 0.6) is 5.75 Å². The van der Waals surface area contributed by atoms with E-state index < -0.39 is 0 Å². The van der Waals surface area contributed by atoms with Crippen molar-refractivity contribution in [1.29, 1.82) is 0 Å². The van der Waals surface area contributed by atoms with Gasteiger partial charge >= 0.3 is 0 Å². The molecule has 0 saturated carbocycles. The molecular formula is C15H19NO. The molecule has 0 aliphatic heterocycles. The summed E-state index contributed by atoms with van der Waals surface area (Å²) in [7, 11) is 0. The van der Waals surface area contributed by atoms with E-state index in [-0.39, 0.29) is 0 Å². The minimum absolute atomic E-state index is 0.303. The van der Waals surface area contributed by atoms with Gasteiger partial charge in [-0.05, 0) is 38.0 Å². The van der Waals surface area contributed by atoms with Crippen LogP contribution in [-0.4, -0.2) is 17.9 Å². The van der Waals surface area contributed by atoms with E-state index >= 15 is 0 Å². The zero-order valence-electron chi connectivity index (χ0n) is 10.7. The number of aromatic hydroxyl groups is 1. The molecule has 17 heavy (non-hydrogen) atoms. The summed E-state index contributed by atoms with van der Waals surface area (Å²) in [6, 6.07) is 7.32. The first-order valence-electron chi connectivity index (χ1n) is 5.62. The first-order chi connectivity index (χ1) is 8.02. The Kier molecular flexibility index (Phi) is 4.70. The van der Waals surface area contributed by atoms with Gasteiger partial charge in [-0.3, -0.25) is 4.99 Å². The maximum atomic E-state index is 9.75. The van der Waals surface area contributed by atoms with Crippen molar-refractivity contribution in [3.05, 3.63) is 47.6 Å². The summed E-state index contributed by atoms with van der Waals surface area (Å²) in [5.41, 5.74) is 3.97. The summed E-state index contributed by atoms with van der Waals surface area (Å²) in [5.74, 6) is 0.303. The van der Waals surface area contributed by atoms with Crippen molar-refractivity contribution < 1.29 is 5.11 Å². The third-order valence-electron chi connectivity index (χ3n) is 2.55. The number of rotatable bonds is 4. The highest BCUT2D eigenvalue weighted by atomic mass is 16.3. The molecule has 1 rings (SSSR count). The highest BCUT2D eigenvalue weighted by molar-refractivity contribution is 5.90. The summed E-state index contributed by atoms with van der Waals surface area (Å²) >= 11 is 0. The van der Waals surface area contributed by atoms with Gasteiger partial charge in [-0.15, -0.1) is 0 Å². The molecule has 1 N–H and O–H groups in total. The Morgan fingerprint density at radius 1 is 1.29 bits per heavy atom. The molecule has 0 aromatic heterocycles. The number of phenols is 1. The van der Waals surface area contributed by atoms with Crippen LogP contribution in [-0.2, 0) is 0 Å². The Morgan fingerprint density at radius 3 is 2.53 bits per heavy atom. The largest absolute Gasteiger partial charge is 0.507 e. The van der Waals surface area contributed by atoms with Gasteiger partial charge in [-0.1, -0.05) is 30.4 Å². The van der Waals surface area contributed by atoms with E-state index in [1.165, 1.54) is 0 Å². The zero-order valence-corrected chi connectivity index (χ0v) is 10.7. The van der Waals surface area contributed by atoms with Gasteiger partial charge in [0, 0.05) is 11.8 Å². The number of phenolic OH excluding ortho intramolecular Hbond substituents is 1. The lowest BCUT2D eigenvalue weighted by molar-refractivity contribution is 0.473. The van der Waals surface area contributed by atoms with Crippen LogP contribution >= 0.6 is 0 Å². The molecule has 2 nitrogen and oxygen atoms in total. The van der Waals surface area contributed by atoms with Gasteiger partial charge in [0.25, 0.3) is 0 Å². The van der Waals surface area contributed by atoms with Crippen molar-refractivity contribution in [2.24, 2.45) is 4.99 Å². The Hall–Kier alpha value is -1.83. The average Bonchev–Trinajstić information content (AvgIpc) is 2.28. The molecule has 0 unspecified atom stereocenters. The molecule has 0 bridgehead atoms. The summed E-state index contributed by atoms with van der Waals surface area (Å²) in [6.07, 6.45) is 1.83. The monoisotopic (exact) mass is 229 g/mol. The lowest BCUT2D eigenvalue weighted by Gasteiger charge is -2.06. The summed E-state index contributed by atoms with van der Waals surface area (Å²) in [5, 5.41) is 9.75. The first-order valence-corrected chi connectivity index (χ1v) is 5.62. The molecule has 0 atom stereocenters. The number of allylic oxidation sites excluding steroid dienone is 2. The number of benzene rings is 1. The van der Waals surface area contributed by atoms with Gasteiger partial charge in [0.1, 0.15) is 5.75 Å². The topological polar surface area (TPSA) is 32.6 Å². The Morgan fingerprint density at radius 2 is 1.94 bits per heavy atom. The Labute approximate surface area is 103 Å². The van der Waals surface area contributed by atoms with Crippen molar-refractivity contribution in [2.75, 3.05) is 6.54 Å². The van der Waals surface area contributed by atoms with Crippen LogP contribution in [0.2, 0.25) is 0 Å². The number of hydrogen-bond donors (Lipinski definition) is 1. The standard InChI is InChI=1S/C15H19NO/c1-11(2)9-16-10-12(3)13(4)14-7-5-6-8-15(14)17/h5-8,10,17H,1,9H2,2-4H3/b13-12+,16-10?. The maximum absolute atomic E-state index is 9.75. The molecule has 1 aromatic rings. The molecular weight excluding hydrogens is 210 g/mol. The molecule has 0 radical (unpaired) electrons. The van der Waals surface area contributed by atoms with Crippen LogP contribution in [0, 0.1) is 0 Å². The van der Waals surface area contributed by atoms with Gasteiger partial charge < -0.3 is 5.11 Å². The summed E-state index contributed by atoms with van der Waals surface area (Å²) in [6.45, 7) is 10.4. The maximum Gasteiger partial charge on any atom is 0.123 e. The van der Waals surface area contributed by atoms with Crippen LogP contribution in [0.15, 0.2) is 47.0 Å². The van der Waals surface area contributed by atoms with E-state index in [1.807, 2.05) is 45.2 Å². The van der Waals surface area contributed by atoms with Crippen LogP contribution in [0.4, 0.5) is 0 Å². The second kappa shape index (κ2) is 6.04. The van der Waals surface area contributed by atoms with Crippen LogP contribution in [0.25, 0.3) is 5.57 Å². The summed E-state index contributed by atoms with van der Waals surface area (Å²) in [4.78, 5) is 4.28. The molecule has 0 heterocycles. The van der Waals surface area contributed by atoms with Crippen molar-refractivity contribution >= 4 is 11.8 Å². The minimum atomic E-state index is 0.303. The molecule has 2 heteroatoms. The molecule has 0 aliphatic carbocycles. The van der Waals surface area contributed by atoms with Crippen molar-refractivity contribution in [1.82, 2.24) is 0 Å². The van der Waals surface area contributed by atoms with Gasteiger partial charge in [-0.25, -0.2) is 0 Å². The number of aliphatic imine (C=N–C) groups is 1. The lowest BCUT2D eigenvalue weighted by Crippen LogP contribution is -1.89. The highest BCUT2D eigenvalue weighted by Gasteiger charge is 2.03. The smallest absolute Gasteiger partial charge is 0.123 e. The molecule has 1 aromatic carbocycles. The van der Waals surface area contributed by atoms with Crippen molar-refractivity contribution in [2.45, 2.75) is 20.8 Å². The van der Waals surface area contributed by atoms with Gasteiger partial charge in [-0.2, -0.15) is 0 Å². The van der Waals surface area contributed by atoms with E-state index in [1.54, 1.807) is 6.07 Å². The highest BCUT2D eigenvalue weighted by Crippen LogP contribution is 2.25. The second-order valence-corrected chi connectivity index (χ2v) is 4.25. The summed E-state index contributed by atoms with van der Waals surface area (Å²) < 4.78 is 0. The average molecular weight is 229 g/mol. The molecule has 90 valence electrons. The predicted octanol–water partition coefficient (Wildman–Crippen LogP) is 3.83. The fraction of sp³-hybridized carbons (Fsp3) is 0.267. The fourth-order valence-electron chi connectivity index (χ4n) is 1.44. The molecule has 0 saturated heterocycles. The normalized spacial score (nSPS) is 12.6. The van der Waals surface area contributed by atoms with E-state index in [0.29, 0.717) is 12.3 Å². The van der Waals surface area contributed by atoms with E-state index in [4.69, 9.17) is 0 Å². The van der Waals surface area contributed by atoms with Crippen molar-refractivity contribution in [3.63, 3.8) is 0 Å². The SMILES string of the molecule is C=C(C)CN=C/C(C)=C(\C)c1ccccc1O. The van der Waals surface area contributed by atoms with Crippen molar-refractivity contribution in [3.8, 4) is 5.75 Å². The Balaban J connectivity index is 2.94. The van der Waals surface area contributed by atoms with Gasteiger partial charge in [0.15, 0.2) is 0 Å². The quantitative estimate of drug-likeness (QED) is 0.617. The van der Waals surface area contributed by atoms with E-state index in [2.05, 4.69) is 11.6 Å². The number of hydrogen-bond acceptors (Lipinski definition) is 2. The minimum Gasteiger partial charge on any atom is -0.507 e. The van der Waals surface area contributed by atoms with Gasteiger partial charge in [0.05, 0.1) is 6.54 Å². The van der Waals surface area contributed by atoms with E-state index in [0.717, 1.165) is 22.3 Å². The lowest BCUT2D eigenvalue weighted by atomic mass is 10.0. The molecule has 0 aliphatic rings. The first kappa shape index (κ1) is 13.2. The van der Waals surface area contributed by atoms with E-state index in [9.17, 15) is 5.11 Å². The van der Waals surface area contributed by atoms with Crippen LogP contribution in [0.3, 0.4) is 0 Å². The van der Waals surface area contributed by atoms with Crippen LogP contribution < -0.4 is 0 Å². The fourth-order valence-corrected chi connectivity index (χ4v) is 1.44.